The molecule has 18 rings (SSSR count). The van der Waals surface area contributed by atoms with Crippen molar-refractivity contribution in [3.8, 4) is 212 Å². The van der Waals surface area contributed by atoms with Crippen molar-refractivity contribution in [3.63, 3.8) is 0 Å². The van der Waals surface area contributed by atoms with Gasteiger partial charge in [0, 0.05) is 105 Å². The van der Waals surface area contributed by atoms with E-state index < -0.39 is 93.3 Å². The van der Waals surface area contributed by atoms with E-state index in [1.165, 1.54) is 160 Å². The summed E-state index contributed by atoms with van der Waals surface area (Å²) >= 11 is 0. The highest BCUT2D eigenvalue weighted by molar-refractivity contribution is 5.94. The molecule has 0 fully saturated rings. The molecule has 0 saturated heterocycles. The van der Waals surface area contributed by atoms with Crippen molar-refractivity contribution in [1.82, 2.24) is 0 Å². The molecule has 0 bridgehead atoms. The normalized spacial score (nSPS) is 10.9. The Hall–Kier alpha value is -19.3. The number of aliphatic hydroxyl groups excluding tert-OH is 5. The van der Waals surface area contributed by atoms with E-state index in [0.717, 1.165) is 42.5 Å². The van der Waals surface area contributed by atoms with Crippen molar-refractivity contribution in [2.24, 2.45) is 0 Å². The van der Waals surface area contributed by atoms with Gasteiger partial charge in [-0.25, -0.2) is 0 Å². The molecule has 0 aliphatic rings. The maximum absolute atomic E-state index is 12.7. The van der Waals surface area contributed by atoms with Gasteiger partial charge in [0.25, 0.3) is 0 Å². The quantitative estimate of drug-likeness (QED) is 0.0334. The molecule has 6 aromatic heterocycles. The van der Waals surface area contributed by atoms with Gasteiger partial charge in [-0.15, -0.1) is 0 Å². The number of phenols is 17. The molecule has 6 heterocycles. The molecule has 0 spiro atoms. The fraction of sp³-hybridized carbons (Fsp3) is 0.126. The van der Waals surface area contributed by atoms with Crippen molar-refractivity contribution < 1.29 is 177 Å². The first-order valence-corrected chi connectivity index (χ1v) is 42.1. The first kappa shape index (κ1) is 103. The van der Waals surface area contributed by atoms with Crippen molar-refractivity contribution in [2.75, 3.05) is 56.9 Å². The van der Waals surface area contributed by atoms with E-state index in [2.05, 4.69) is 0 Å². The standard InChI is InChI=1S/2C19H18O7.C17H14O7.3C16H12O7/c1-23-14-5-4-10(6-16(14)24-2)15-8-13(22)18-17(26-15)7-12(21)11(9-20)19(18)25-3;1-24-16-5-10(3-4-13(16)22)15-7-14(23)18-17(26-15)6-11(8-20)12(9-21)19(18)25-2;1-23-12-3-2-8(4-10(12)19)13-6-11(20)15-14(24-13)5-9(7-18)16(21)17(15)22;1-22-12-4-7(2-3-8(12)17)11-5-9(18)14-13(23-11)6-10(19)15(20)16(14)21;1-22-16-14-10(19)5-12(7-2-3-8(17)9(18)4-7)23-13(14)6-11(20)15(16)21;17-6-8-10(19)4-14-15(16(8)22)12(21)5-13(23-14)7-1-2-9(18)11(20)3-7/h4-8,20-21H,9H2,1-3H3;3-7,20-22H,8-9H2,1-2H3;2-6,18-19,21-22H,7H2,1H3;2-6,17,19-21H,1H3;2-6,17-18,20-21H,1H3;1-5,17-20,22H,6H2. The maximum Gasteiger partial charge on any atom is 0.201 e. The molecule has 750 valence electrons. The van der Waals surface area contributed by atoms with Gasteiger partial charge in [-0.2, -0.15) is 0 Å². The molecule has 0 unspecified atom stereocenters. The fourth-order valence-corrected chi connectivity index (χ4v) is 15.0. The minimum atomic E-state index is -0.788. The predicted molar refractivity (Wildman–Crippen MR) is 518 cm³/mol. The number of aromatic hydroxyl groups is 17. The summed E-state index contributed by atoms with van der Waals surface area (Å²) in [6.45, 7) is -2.37. The average Bonchev–Trinajstić information content (AvgIpc) is 0.787. The third kappa shape index (κ3) is 20.8. The van der Waals surface area contributed by atoms with Crippen LogP contribution >= 0.6 is 0 Å². The van der Waals surface area contributed by atoms with Crippen LogP contribution in [0.25, 0.3) is 134 Å². The lowest BCUT2D eigenvalue weighted by atomic mass is 10.0. The van der Waals surface area contributed by atoms with Crippen LogP contribution in [0.3, 0.4) is 0 Å². The number of methoxy groups -OCH3 is 8. The molecule has 42 heteroatoms. The van der Waals surface area contributed by atoms with Crippen LogP contribution in [-0.2, 0) is 33.0 Å². The molecule has 22 N–H and O–H groups in total. The molecule has 0 radical (unpaired) electrons. The first-order valence-electron chi connectivity index (χ1n) is 42.1. The SMILES string of the molecule is COc1c(O)c(O)cc2oc(-c3ccc(O)c(O)c3)cc(=O)c12.COc1cc(-c2cc(=O)c3c(O)c(O)c(O)cc3o2)ccc1O.COc1cc(-c2cc(=O)c3c(OC)c(CO)c(CO)cc3o2)ccc1O.COc1ccc(-c2cc(=O)c3c(O)c(O)c(CO)cc3o2)cc1O.COc1ccc(-c2cc(=O)c3c(OC)c(CO)c(O)cc3o2)cc1OC.O=c1cc(-c2ccc(O)c(O)c2)oc2cc(O)c(CO)c(O)c12. The Morgan fingerprint density at radius 2 is 0.476 bits per heavy atom. The number of hydrogen-bond donors (Lipinski definition) is 22. The molecule has 42 nitrogen and oxygen atoms in total. The van der Waals surface area contributed by atoms with E-state index in [0.29, 0.717) is 61.8 Å². The molecular formula is C103H86O42. The first-order chi connectivity index (χ1) is 69.3. The second-order valence-electron chi connectivity index (χ2n) is 30.8. The van der Waals surface area contributed by atoms with Gasteiger partial charge in [-0.1, -0.05) is 0 Å². The molecule has 0 aliphatic carbocycles. The fourth-order valence-electron chi connectivity index (χ4n) is 15.0. The summed E-state index contributed by atoms with van der Waals surface area (Å²) < 4.78 is 74.8. The van der Waals surface area contributed by atoms with Gasteiger partial charge in [-0.3, -0.25) is 28.8 Å². The maximum atomic E-state index is 12.7. The molecular weight excluding hydrogens is 1910 g/mol. The van der Waals surface area contributed by atoms with Gasteiger partial charge in [0.1, 0.15) is 129 Å². The number of phenolic OH excluding ortho intramolecular Hbond substituents is 13. The van der Waals surface area contributed by atoms with Gasteiger partial charge in [0.05, 0.1) is 101 Å². The molecule has 145 heavy (non-hydrogen) atoms. The Morgan fingerprint density at radius 1 is 0.193 bits per heavy atom. The molecule has 12 aromatic carbocycles. The third-order valence-electron chi connectivity index (χ3n) is 22.2. The lowest BCUT2D eigenvalue weighted by molar-refractivity contribution is 0.254. The smallest absolute Gasteiger partial charge is 0.201 e. The van der Waals surface area contributed by atoms with E-state index in [4.69, 9.17) is 69.5 Å². The number of fused-ring (bicyclic) bond motifs is 6. The Balaban J connectivity index is 0.000000146. The van der Waals surface area contributed by atoms with Crippen LogP contribution in [0.1, 0.15) is 27.8 Å². The zero-order valence-corrected chi connectivity index (χ0v) is 76.9. The van der Waals surface area contributed by atoms with Crippen LogP contribution in [0, 0.1) is 0 Å². The average molecular weight is 2000 g/mol. The van der Waals surface area contributed by atoms with E-state index >= 15 is 0 Å². The lowest BCUT2D eigenvalue weighted by Crippen LogP contribution is -2.07. The summed E-state index contributed by atoms with van der Waals surface area (Å²) in [5, 5.41) is 211. The predicted octanol–water partition coefficient (Wildman–Crippen LogP) is 13.3. The largest absolute Gasteiger partial charge is 0.507 e. The number of rotatable bonds is 19. The van der Waals surface area contributed by atoms with Crippen LogP contribution < -0.4 is 70.5 Å². The Morgan fingerprint density at radius 3 is 0.841 bits per heavy atom. The van der Waals surface area contributed by atoms with Gasteiger partial charge in [0.15, 0.2) is 136 Å². The number of benzene rings is 12. The van der Waals surface area contributed by atoms with Gasteiger partial charge in [-0.05, 0) is 127 Å². The third-order valence-corrected chi connectivity index (χ3v) is 22.2. The van der Waals surface area contributed by atoms with Crippen molar-refractivity contribution >= 4 is 65.8 Å². The Labute approximate surface area is 811 Å². The Kier molecular flexibility index (Phi) is 30.8. The molecule has 0 saturated carbocycles. The summed E-state index contributed by atoms with van der Waals surface area (Å²) in [4.78, 5) is 74.3. The van der Waals surface area contributed by atoms with Crippen LogP contribution in [0.15, 0.2) is 237 Å². The second kappa shape index (κ2) is 43.4. The Bertz CT molecular complexity index is 8480. The summed E-state index contributed by atoms with van der Waals surface area (Å²) in [5.74, 6) is -4.29. The van der Waals surface area contributed by atoms with Crippen molar-refractivity contribution in [1.29, 1.82) is 0 Å². The zero-order chi connectivity index (χ0) is 105. The van der Waals surface area contributed by atoms with Gasteiger partial charge in [0.2, 0.25) is 11.5 Å². The van der Waals surface area contributed by atoms with E-state index in [-0.39, 0.29) is 216 Å². The van der Waals surface area contributed by atoms with Gasteiger partial charge < -0.3 is 177 Å². The summed E-state index contributed by atoms with van der Waals surface area (Å²) in [7, 11) is 11.2. The van der Waals surface area contributed by atoms with E-state index in [1.807, 2.05) is 0 Å². The summed E-state index contributed by atoms with van der Waals surface area (Å²) in [6.07, 6.45) is 0. The highest BCUT2D eigenvalue weighted by Crippen LogP contribution is 2.48. The van der Waals surface area contributed by atoms with Crippen molar-refractivity contribution in [3.05, 3.63) is 271 Å². The highest BCUT2D eigenvalue weighted by atomic mass is 16.5. The number of aliphatic hydroxyl groups is 5. The number of ether oxygens (including phenoxy) is 8. The topological polar surface area (TPSA) is 700 Å². The van der Waals surface area contributed by atoms with Crippen LogP contribution in [-0.4, -0.2) is 169 Å². The van der Waals surface area contributed by atoms with Gasteiger partial charge >= 0.3 is 0 Å². The highest BCUT2D eigenvalue weighted by Gasteiger charge is 2.28. The second-order valence-corrected chi connectivity index (χ2v) is 30.8. The lowest BCUT2D eigenvalue weighted by Gasteiger charge is -2.14. The minimum Gasteiger partial charge on any atom is -0.507 e. The van der Waals surface area contributed by atoms with E-state index in [1.54, 1.807) is 36.4 Å². The molecule has 0 amide bonds. The zero-order valence-electron chi connectivity index (χ0n) is 76.9. The molecule has 0 aliphatic heterocycles. The molecule has 0 atom stereocenters. The summed E-state index contributed by atoms with van der Waals surface area (Å²) in [5.41, 5.74) is 0.671. The molecule has 18 aromatic rings. The monoisotopic (exact) mass is 1990 g/mol. The van der Waals surface area contributed by atoms with Crippen LogP contribution in [0.2, 0.25) is 0 Å². The summed E-state index contributed by atoms with van der Waals surface area (Å²) in [6, 6.07) is 40.8. The minimum absolute atomic E-state index is 0.00663. The van der Waals surface area contributed by atoms with Crippen LogP contribution in [0.5, 0.6) is 144 Å². The van der Waals surface area contributed by atoms with Crippen LogP contribution in [0.4, 0.5) is 0 Å². The van der Waals surface area contributed by atoms with Crippen molar-refractivity contribution in [2.45, 2.75) is 33.0 Å². The number of hydrogen-bond acceptors (Lipinski definition) is 42. The van der Waals surface area contributed by atoms with E-state index in [9.17, 15) is 136 Å².